The van der Waals surface area contributed by atoms with E-state index in [0.29, 0.717) is 39.9 Å². The van der Waals surface area contributed by atoms with Crippen LogP contribution in [-0.2, 0) is 34.3 Å². The predicted molar refractivity (Wildman–Crippen MR) is 139 cm³/mol. The summed E-state index contributed by atoms with van der Waals surface area (Å²) in [6, 6.07) is 18.8. The number of hydrogen-bond donors (Lipinski definition) is 3. The molecule has 3 aromatic rings. The number of carbonyl (C=O) groups excluding carboxylic acids is 2. The number of anilines is 1. The van der Waals surface area contributed by atoms with Crippen molar-refractivity contribution in [1.29, 1.82) is 0 Å². The van der Waals surface area contributed by atoms with E-state index < -0.39 is 10.0 Å². The number of amides is 2. The third-order valence-electron chi connectivity index (χ3n) is 5.11. The van der Waals surface area contributed by atoms with Crippen LogP contribution in [0.4, 0.5) is 5.69 Å². The van der Waals surface area contributed by atoms with Crippen molar-refractivity contribution in [3.63, 3.8) is 0 Å². The van der Waals surface area contributed by atoms with Gasteiger partial charge in [0.05, 0.1) is 15.8 Å². The van der Waals surface area contributed by atoms with E-state index in [2.05, 4.69) is 15.4 Å². The van der Waals surface area contributed by atoms with Gasteiger partial charge in [0.2, 0.25) is 15.9 Å². The topological polar surface area (TPSA) is 104 Å². The second-order valence-corrected chi connectivity index (χ2v) is 10.5. The SMILES string of the molecule is CC(=O)NCc1ccc(CNC(=O)c2ccc(NS(=O)(=O)CCc3cccc(Cl)c3Cl)cc2)cc1. The molecule has 0 saturated heterocycles. The molecule has 0 radical (unpaired) electrons. The molecular formula is C25H25Cl2N3O4S. The molecule has 10 heteroatoms. The minimum absolute atomic E-state index is 0.0948. The number of benzene rings is 3. The number of hydrogen-bond acceptors (Lipinski definition) is 4. The molecule has 0 unspecified atom stereocenters. The van der Waals surface area contributed by atoms with E-state index in [4.69, 9.17) is 23.2 Å². The van der Waals surface area contributed by atoms with Crippen LogP contribution in [-0.4, -0.2) is 26.0 Å². The third-order valence-corrected chi connectivity index (χ3v) is 7.26. The fourth-order valence-electron chi connectivity index (χ4n) is 3.19. The quantitative estimate of drug-likeness (QED) is 0.355. The summed E-state index contributed by atoms with van der Waals surface area (Å²) in [5.74, 6) is -0.543. The maximum Gasteiger partial charge on any atom is 0.251 e. The number of rotatable bonds is 10. The van der Waals surface area contributed by atoms with Gasteiger partial charge in [-0.3, -0.25) is 14.3 Å². The van der Waals surface area contributed by atoms with E-state index in [0.717, 1.165) is 11.1 Å². The van der Waals surface area contributed by atoms with Crippen LogP contribution in [0.25, 0.3) is 0 Å². The molecule has 3 aromatic carbocycles. The molecular weight excluding hydrogens is 509 g/mol. The van der Waals surface area contributed by atoms with Crippen LogP contribution in [0, 0.1) is 0 Å². The minimum Gasteiger partial charge on any atom is -0.352 e. The Morgan fingerprint density at radius 2 is 1.43 bits per heavy atom. The summed E-state index contributed by atoms with van der Waals surface area (Å²) in [5, 5.41) is 6.28. The van der Waals surface area contributed by atoms with Crippen LogP contribution in [0.3, 0.4) is 0 Å². The van der Waals surface area contributed by atoms with Gasteiger partial charge in [0, 0.05) is 31.3 Å². The van der Waals surface area contributed by atoms with Crippen LogP contribution in [0.15, 0.2) is 66.7 Å². The van der Waals surface area contributed by atoms with Crippen molar-refractivity contribution in [3.8, 4) is 0 Å². The van der Waals surface area contributed by atoms with Gasteiger partial charge in [-0.05, 0) is 53.4 Å². The zero-order chi connectivity index (χ0) is 25.4. The van der Waals surface area contributed by atoms with Gasteiger partial charge in [-0.1, -0.05) is 59.6 Å². The number of aryl methyl sites for hydroxylation is 1. The molecule has 2 amide bonds. The van der Waals surface area contributed by atoms with Crippen LogP contribution in [0.2, 0.25) is 10.0 Å². The molecule has 0 aliphatic rings. The first-order chi connectivity index (χ1) is 16.6. The van der Waals surface area contributed by atoms with Crippen LogP contribution >= 0.6 is 23.2 Å². The van der Waals surface area contributed by atoms with E-state index in [1.54, 1.807) is 30.3 Å². The summed E-state index contributed by atoms with van der Waals surface area (Å²) < 4.78 is 27.4. The monoisotopic (exact) mass is 533 g/mol. The van der Waals surface area contributed by atoms with Gasteiger partial charge >= 0.3 is 0 Å². The zero-order valence-electron chi connectivity index (χ0n) is 19.0. The molecule has 0 bridgehead atoms. The van der Waals surface area contributed by atoms with E-state index in [1.165, 1.54) is 19.1 Å². The molecule has 0 atom stereocenters. The van der Waals surface area contributed by atoms with E-state index in [9.17, 15) is 18.0 Å². The lowest BCUT2D eigenvalue weighted by atomic mass is 10.1. The Balaban J connectivity index is 1.50. The third kappa shape index (κ3) is 8.28. The Kier molecular flexibility index (Phi) is 9.14. The van der Waals surface area contributed by atoms with E-state index >= 15 is 0 Å². The number of carbonyl (C=O) groups is 2. The van der Waals surface area contributed by atoms with Gasteiger partial charge in [-0.25, -0.2) is 8.42 Å². The maximum absolute atomic E-state index is 12.5. The van der Waals surface area contributed by atoms with Gasteiger partial charge in [0.1, 0.15) is 0 Å². The molecule has 7 nitrogen and oxygen atoms in total. The minimum atomic E-state index is -3.63. The van der Waals surface area contributed by atoms with Gasteiger partial charge in [0.25, 0.3) is 5.91 Å². The Morgan fingerprint density at radius 3 is 2.03 bits per heavy atom. The summed E-state index contributed by atoms with van der Waals surface area (Å²) in [4.78, 5) is 23.4. The Labute approximate surface area is 214 Å². The normalized spacial score (nSPS) is 11.1. The standard InChI is InChI=1S/C25H25Cl2N3O4S/c1-17(31)28-15-18-5-7-19(8-6-18)16-29-25(32)21-9-11-22(12-10-21)30-35(33,34)14-13-20-3-2-4-23(26)24(20)27/h2-12,30H,13-16H2,1H3,(H,28,31)(H,29,32). The molecule has 184 valence electrons. The van der Waals surface area contributed by atoms with Crippen molar-refractivity contribution >= 4 is 50.7 Å². The van der Waals surface area contributed by atoms with Crippen LogP contribution in [0.1, 0.15) is 34.0 Å². The molecule has 0 aromatic heterocycles. The molecule has 0 fully saturated rings. The van der Waals surface area contributed by atoms with E-state index in [1.807, 2.05) is 24.3 Å². The van der Waals surface area contributed by atoms with Crippen molar-refractivity contribution in [2.75, 3.05) is 10.5 Å². The molecule has 0 heterocycles. The molecule has 0 spiro atoms. The smallest absolute Gasteiger partial charge is 0.251 e. The molecule has 0 aliphatic carbocycles. The van der Waals surface area contributed by atoms with Crippen molar-refractivity contribution in [2.24, 2.45) is 0 Å². The summed E-state index contributed by atoms with van der Waals surface area (Å²) in [6.07, 6.45) is 0.212. The lowest BCUT2D eigenvalue weighted by molar-refractivity contribution is -0.119. The number of sulfonamides is 1. The average Bonchev–Trinajstić information content (AvgIpc) is 2.83. The van der Waals surface area contributed by atoms with Gasteiger partial charge in [0.15, 0.2) is 0 Å². The average molecular weight is 534 g/mol. The van der Waals surface area contributed by atoms with Crippen LogP contribution in [0.5, 0.6) is 0 Å². The highest BCUT2D eigenvalue weighted by Crippen LogP contribution is 2.26. The Bertz CT molecular complexity index is 1300. The fraction of sp³-hybridized carbons (Fsp3) is 0.200. The largest absolute Gasteiger partial charge is 0.352 e. The molecule has 0 saturated carbocycles. The molecule has 35 heavy (non-hydrogen) atoms. The predicted octanol–water partition coefficient (Wildman–Crippen LogP) is 4.54. The second-order valence-electron chi connectivity index (χ2n) is 7.87. The second kappa shape index (κ2) is 12.1. The van der Waals surface area contributed by atoms with Crippen molar-refractivity contribution in [1.82, 2.24) is 10.6 Å². The van der Waals surface area contributed by atoms with Gasteiger partial charge < -0.3 is 10.6 Å². The summed E-state index contributed by atoms with van der Waals surface area (Å²) in [5.41, 5.74) is 3.28. The first-order valence-electron chi connectivity index (χ1n) is 10.8. The highest BCUT2D eigenvalue weighted by molar-refractivity contribution is 7.92. The lowest BCUT2D eigenvalue weighted by Crippen LogP contribution is -2.23. The number of halogens is 2. The first kappa shape index (κ1) is 26.5. The van der Waals surface area contributed by atoms with Crippen molar-refractivity contribution in [2.45, 2.75) is 26.4 Å². The summed E-state index contributed by atoms with van der Waals surface area (Å²) in [7, 11) is -3.63. The lowest BCUT2D eigenvalue weighted by Gasteiger charge is -2.10. The Hall–Kier alpha value is -3.07. The first-order valence-corrected chi connectivity index (χ1v) is 13.2. The summed E-state index contributed by atoms with van der Waals surface area (Å²) in [6.45, 7) is 2.25. The Morgan fingerprint density at radius 1 is 0.829 bits per heavy atom. The maximum atomic E-state index is 12.5. The summed E-state index contributed by atoms with van der Waals surface area (Å²) >= 11 is 12.1. The van der Waals surface area contributed by atoms with E-state index in [-0.39, 0.29) is 24.0 Å². The van der Waals surface area contributed by atoms with Crippen LogP contribution < -0.4 is 15.4 Å². The van der Waals surface area contributed by atoms with Crippen molar-refractivity contribution < 1.29 is 18.0 Å². The van der Waals surface area contributed by atoms with Gasteiger partial charge in [-0.2, -0.15) is 0 Å². The number of nitrogens with one attached hydrogen (secondary N) is 3. The van der Waals surface area contributed by atoms with Crippen molar-refractivity contribution in [3.05, 3.63) is 99.0 Å². The highest BCUT2D eigenvalue weighted by Gasteiger charge is 2.14. The fourth-order valence-corrected chi connectivity index (χ4v) is 4.69. The molecule has 0 aliphatic heterocycles. The zero-order valence-corrected chi connectivity index (χ0v) is 21.3. The molecule has 3 N–H and O–H groups in total. The molecule has 3 rings (SSSR count). The highest BCUT2D eigenvalue weighted by atomic mass is 35.5. The van der Waals surface area contributed by atoms with Gasteiger partial charge in [-0.15, -0.1) is 0 Å².